The van der Waals surface area contributed by atoms with E-state index in [0.717, 1.165) is 53.6 Å². The molecule has 0 amide bonds. The summed E-state index contributed by atoms with van der Waals surface area (Å²) in [5, 5.41) is 9.58. The van der Waals surface area contributed by atoms with Gasteiger partial charge >= 0.3 is 0 Å². The molecular formula is C27H36N4O. The molecule has 0 unspecified atom stereocenters. The van der Waals surface area contributed by atoms with E-state index in [2.05, 4.69) is 72.8 Å². The van der Waals surface area contributed by atoms with Crippen LogP contribution >= 0.6 is 0 Å². The van der Waals surface area contributed by atoms with Crippen LogP contribution in [0.25, 0.3) is 17.1 Å². The Kier molecular flexibility index (Phi) is 9.26. The number of aromatic nitrogens is 3. The Morgan fingerprint density at radius 1 is 1.16 bits per heavy atom. The first kappa shape index (κ1) is 24.9. The Morgan fingerprint density at radius 2 is 1.81 bits per heavy atom. The van der Waals surface area contributed by atoms with Gasteiger partial charge in [-0.1, -0.05) is 55.8 Å². The highest BCUT2D eigenvalue weighted by Crippen LogP contribution is 2.29. The topological polar surface area (TPSA) is 54.2 Å². The summed E-state index contributed by atoms with van der Waals surface area (Å²) >= 11 is 0. The number of allylic oxidation sites excluding steroid dienone is 1. The van der Waals surface area contributed by atoms with E-state index < -0.39 is 0 Å². The van der Waals surface area contributed by atoms with E-state index >= 15 is 0 Å². The van der Waals surface area contributed by atoms with Crippen LogP contribution in [0.4, 0.5) is 0 Å². The molecule has 3 rings (SSSR count). The minimum Gasteiger partial charge on any atom is -0.506 e. The van der Waals surface area contributed by atoms with Crippen molar-refractivity contribution >= 4 is 5.70 Å². The Bertz CT molecular complexity index is 1020. The van der Waals surface area contributed by atoms with Crippen LogP contribution in [0.15, 0.2) is 61.8 Å². The number of nitrogens with zero attached hydrogens (tertiary/aromatic N) is 4. The SMILES string of the molecule is C=C(c1c(C)nc(-c2ccc(C)cc2)n1Cc1ccc(O)cn1)N(C)CCCC.C=CC. The summed E-state index contributed by atoms with van der Waals surface area (Å²) in [7, 11) is 2.08. The molecule has 5 nitrogen and oxygen atoms in total. The van der Waals surface area contributed by atoms with Gasteiger partial charge in [-0.2, -0.15) is 0 Å². The zero-order valence-electron chi connectivity index (χ0n) is 20.1. The van der Waals surface area contributed by atoms with Crippen molar-refractivity contribution in [1.29, 1.82) is 0 Å². The van der Waals surface area contributed by atoms with Crippen LogP contribution in [0, 0.1) is 13.8 Å². The van der Waals surface area contributed by atoms with Gasteiger partial charge < -0.3 is 14.6 Å². The number of aromatic hydroxyl groups is 1. The molecule has 2 heterocycles. The molecule has 1 N–H and O–H groups in total. The van der Waals surface area contributed by atoms with Crippen LogP contribution in [0.2, 0.25) is 0 Å². The van der Waals surface area contributed by atoms with Crippen molar-refractivity contribution in [3.63, 3.8) is 0 Å². The van der Waals surface area contributed by atoms with Crippen LogP contribution in [0.3, 0.4) is 0 Å². The molecule has 0 bridgehead atoms. The van der Waals surface area contributed by atoms with Gasteiger partial charge in [-0.05, 0) is 39.3 Å². The summed E-state index contributed by atoms with van der Waals surface area (Å²) in [4.78, 5) is 11.5. The Hall–Kier alpha value is -3.34. The number of unbranched alkanes of at least 4 members (excludes halogenated alkanes) is 1. The van der Waals surface area contributed by atoms with Crippen LogP contribution in [-0.4, -0.2) is 38.1 Å². The van der Waals surface area contributed by atoms with Gasteiger partial charge in [0.1, 0.15) is 11.6 Å². The van der Waals surface area contributed by atoms with Crippen molar-refractivity contribution in [3.05, 3.63) is 84.5 Å². The van der Waals surface area contributed by atoms with Gasteiger partial charge in [-0.25, -0.2) is 4.98 Å². The summed E-state index contributed by atoms with van der Waals surface area (Å²) in [6, 6.07) is 11.9. The summed E-state index contributed by atoms with van der Waals surface area (Å²) in [6.07, 6.45) is 5.49. The summed E-state index contributed by atoms with van der Waals surface area (Å²) in [6.45, 7) is 17.5. The highest BCUT2D eigenvalue weighted by molar-refractivity contribution is 5.67. The van der Waals surface area contributed by atoms with E-state index in [9.17, 15) is 5.11 Å². The fourth-order valence-electron chi connectivity index (χ4n) is 3.40. The third-order valence-electron chi connectivity index (χ3n) is 5.16. The van der Waals surface area contributed by atoms with Gasteiger partial charge in [0, 0.05) is 19.2 Å². The van der Waals surface area contributed by atoms with E-state index in [-0.39, 0.29) is 5.75 Å². The molecule has 0 aliphatic heterocycles. The van der Waals surface area contributed by atoms with Gasteiger partial charge in [0.15, 0.2) is 0 Å². The number of imidazole rings is 1. The van der Waals surface area contributed by atoms with Crippen LogP contribution in [0.1, 0.15) is 49.3 Å². The van der Waals surface area contributed by atoms with Gasteiger partial charge in [-0.3, -0.25) is 4.98 Å². The number of aryl methyl sites for hydroxylation is 2. The minimum atomic E-state index is 0.165. The largest absolute Gasteiger partial charge is 0.506 e. The second-order valence-corrected chi connectivity index (χ2v) is 7.96. The Balaban J connectivity index is 0.00000114. The summed E-state index contributed by atoms with van der Waals surface area (Å²) in [5.74, 6) is 1.07. The molecular weight excluding hydrogens is 396 g/mol. The first-order chi connectivity index (χ1) is 15.3. The Morgan fingerprint density at radius 3 is 2.38 bits per heavy atom. The molecule has 170 valence electrons. The van der Waals surface area contributed by atoms with Crippen molar-refractivity contribution in [1.82, 2.24) is 19.4 Å². The molecule has 0 atom stereocenters. The average molecular weight is 433 g/mol. The molecule has 1 aromatic carbocycles. The number of rotatable bonds is 8. The van der Waals surface area contributed by atoms with E-state index in [1.165, 1.54) is 11.8 Å². The van der Waals surface area contributed by atoms with Crippen molar-refractivity contribution in [2.24, 2.45) is 0 Å². The average Bonchev–Trinajstić information content (AvgIpc) is 3.09. The maximum atomic E-state index is 9.58. The molecule has 32 heavy (non-hydrogen) atoms. The molecule has 0 aliphatic rings. The first-order valence-electron chi connectivity index (χ1n) is 11.1. The van der Waals surface area contributed by atoms with Crippen molar-refractivity contribution in [2.75, 3.05) is 13.6 Å². The standard InChI is InChI=1S/C24H30N4O.C3H6/c1-6-7-14-27(5)19(4)23-18(3)26-24(20-10-8-17(2)9-11-20)28(23)16-21-12-13-22(29)15-25-21;1-3-2/h8-13,15,29H,4,6-7,14,16H2,1-3,5H3;3H,1H2,2H3. The lowest BCUT2D eigenvalue weighted by molar-refractivity contribution is 0.459. The van der Waals surface area contributed by atoms with Gasteiger partial charge in [0.2, 0.25) is 0 Å². The minimum absolute atomic E-state index is 0.165. The zero-order valence-corrected chi connectivity index (χ0v) is 20.1. The lowest BCUT2D eigenvalue weighted by atomic mass is 10.1. The summed E-state index contributed by atoms with van der Waals surface area (Å²) < 4.78 is 2.18. The molecule has 3 aromatic rings. The predicted molar refractivity (Wildman–Crippen MR) is 135 cm³/mol. The fraction of sp³-hybridized carbons (Fsp3) is 0.333. The number of hydrogen-bond donors (Lipinski definition) is 1. The van der Waals surface area contributed by atoms with Crippen molar-refractivity contribution in [2.45, 2.75) is 47.1 Å². The predicted octanol–water partition coefficient (Wildman–Crippen LogP) is 6.21. The molecule has 0 spiro atoms. The second kappa shape index (κ2) is 11.9. The number of benzene rings is 1. The van der Waals surface area contributed by atoms with E-state index in [1.54, 1.807) is 12.1 Å². The molecule has 0 fully saturated rings. The van der Waals surface area contributed by atoms with Crippen LogP contribution in [0.5, 0.6) is 5.75 Å². The molecule has 2 aromatic heterocycles. The third kappa shape index (κ3) is 6.33. The third-order valence-corrected chi connectivity index (χ3v) is 5.16. The fourth-order valence-corrected chi connectivity index (χ4v) is 3.40. The highest BCUT2D eigenvalue weighted by atomic mass is 16.3. The maximum Gasteiger partial charge on any atom is 0.141 e. The van der Waals surface area contributed by atoms with Crippen molar-refractivity contribution < 1.29 is 5.11 Å². The zero-order chi connectivity index (χ0) is 23.7. The Labute approximate surface area is 192 Å². The number of hydrogen-bond acceptors (Lipinski definition) is 4. The quantitative estimate of drug-likeness (QED) is 0.430. The van der Waals surface area contributed by atoms with Gasteiger partial charge in [0.05, 0.1) is 35.5 Å². The molecule has 5 heteroatoms. The normalized spacial score (nSPS) is 10.3. The van der Waals surface area contributed by atoms with Gasteiger partial charge in [0.25, 0.3) is 0 Å². The molecule has 0 saturated heterocycles. The summed E-state index contributed by atoms with van der Waals surface area (Å²) in [5.41, 5.74) is 6.07. The first-order valence-corrected chi connectivity index (χ1v) is 11.1. The molecule has 0 saturated carbocycles. The van der Waals surface area contributed by atoms with E-state index in [0.29, 0.717) is 6.54 Å². The maximum absolute atomic E-state index is 9.58. The highest BCUT2D eigenvalue weighted by Gasteiger charge is 2.20. The number of pyridine rings is 1. The molecule has 0 aliphatic carbocycles. The van der Waals surface area contributed by atoms with Gasteiger partial charge in [-0.15, -0.1) is 6.58 Å². The van der Waals surface area contributed by atoms with Crippen molar-refractivity contribution in [3.8, 4) is 17.1 Å². The van der Waals surface area contributed by atoms with E-state index in [4.69, 9.17) is 4.98 Å². The monoisotopic (exact) mass is 432 g/mol. The van der Waals surface area contributed by atoms with Crippen LogP contribution < -0.4 is 0 Å². The van der Waals surface area contributed by atoms with Crippen LogP contribution in [-0.2, 0) is 6.54 Å². The molecule has 0 radical (unpaired) electrons. The van der Waals surface area contributed by atoms with E-state index in [1.807, 2.05) is 19.9 Å². The lowest BCUT2D eigenvalue weighted by Gasteiger charge is -2.23. The second-order valence-electron chi connectivity index (χ2n) is 7.96. The smallest absolute Gasteiger partial charge is 0.141 e. The lowest BCUT2D eigenvalue weighted by Crippen LogP contribution is -2.20.